The van der Waals surface area contributed by atoms with E-state index in [1.807, 2.05) is 31.2 Å². The van der Waals surface area contributed by atoms with Crippen molar-refractivity contribution >= 4 is 0 Å². The van der Waals surface area contributed by atoms with Crippen molar-refractivity contribution in [2.45, 2.75) is 45.3 Å². The Morgan fingerprint density at radius 2 is 1.40 bits per heavy atom. The summed E-state index contributed by atoms with van der Waals surface area (Å²) in [7, 11) is 0. The summed E-state index contributed by atoms with van der Waals surface area (Å²) in [4.78, 5) is 0. The van der Waals surface area contributed by atoms with Crippen molar-refractivity contribution < 1.29 is 19.7 Å². The summed E-state index contributed by atoms with van der Waals surface area (Å²) >= 11 is 0. The van der Waals surface area contributed by atoms with Crippen molar-refractivity contribution in [3.63, 3.8) is 0 Å². The highest BCUT2D eigenvalue weighted by molar-refractivity contribution is 5.41. The van der Waals surface area contributed by atoms with Gasteiger partial charge in [0.1, 0.15) is 18.1 Å². The fourth-order valence-electron chi connectivity index (χ4n) is 2.58. The van der Waals surface area contributed by atoms with Gasteiger partial charge >= 0.3 is 0 Å². The molecule has 2 atom stereocenters. The van der Waals surface area contributed by atoms with Crippen molar-refractivity contribution in [2.75, 3.05) is 13.2 Å². The smallest absolute Gasteiger partial charge is 0.119 e. The number of phenolic OH excluding ortho intramolecular Hbond substituents is 1. The fourth-order valence-corrected chi connectivity index (χ4v) is 2.58. The van der Waals surface area contributed by atoms with Crippen LogP contribution < -0.4 is 4.74 Å². The molecule has 0 saturated heterocycles. The number of benzene rings is 2. The van der Waals surface area contributed by atoms with E-state index >= 15 is 0 Å². The van der Waals surface area contributed by atoms with E-state index in [0.29, 0.717) is 13.2 Å². The zero-order valence-electron chi connectivity index (χ0n) is 15.4. The second-order valence-electron chi connectivity index (χ2n) is 7.00. The molecule has 4 nitrogen and oxygen atoms in total. The first-order valence-corrected chi connectivity index (χ1v) is 8.61. The molecule has 0 aliphatic heterocycles. The molecule has 4 heteroatoms. The number of phenols is 1. The van der Waals surface area contributed by atoms with Gasteiger partial charge < -0.3 is 19.7 Å². The van der Waals surface area contributed by atoms with Crippen LogP contribution in [0.25, 0.3) is 0 Å². The molecule has 25 heavy (non-hydrogen) atoms. The molecule has 136 valence electrons. The first-order chi connectivity index (χ1) is 11.8. The summed E-state index contributed by atoms with van der Waals surface area (Å²) in [6.07, 6.45) is -0.549. The first kappa shape index (κ1) is 19.3. The summed E-state index contributed by atoms with van der Waals surface area (Å²) in [6.45, 7) is 8.67. The number of aliphatic hydroxyl groups is 1. The third-order valence-electron chi connectivity index (χ3n) is 4.27. The van der Waals surface area contributed by atoms with Crippen molar-refractivity contribution in [1.82, 2.24) is 0 Å². The SMILES string of the molecule is CC(O)COC(C)COc1ccc(C(C)(C)c2ccc(O)cc2)cc1. The van der Waals surface area contributed by atoms with Gasteiger partial charge in [0, 0.05) is 5.41 Å². The second kappa shape index (κ2) is 8.37. The molecule has 0 aliphatic carbocycles. The number of hydrogen-bond donors (Lipinski definition) is 2. The maximum absolute atomic E-state index is 9.46. The normalized spacial score (nSPS) is 14.1. The quantitative estimate of drug-likeness (QED) is 0.763. The maximum atomic E-state index is 9.46. The Morgan fingerprint density at radius 1 is 0.880 bits per heavy atom. The van der Waals surface area contributed by atoms with Crippen LogP contribution in [0.15, 0.2) is 48.5 Å². The number of hydrogen-bond acceptors (Lipinski definition) is 4. The van der Waals surface area contributed by atoms with Crippen molar-refractivity contribution in [1.29, 1.82) is 0 Å². The zero-order chi connectivity index (χ0) is 18.4. The van der Waals surface area contributed by atoms with Gasteiger partial charge in [-0.05, 0) is 49.2 Å². The number of rotatable bonds is 8. The lowest BCUT2D eigenvalue weighted by Gasteiger charge is -2.26. The minimum Gasteiger partial charge on any atom is -0.508 e. The van der Waals surface area contributed by atoms with Gasteiger partial charge in [0.25, 0.3) is 0 Å². The third-order valence-corrected chi connectivity index (χ3v) is 4.27. The monoisotopic (exact) mass is 344 g/mol. The third kappa shape index (κ3) is 5.48. The Labute approximate surface area is 150 Å². The minimum atomic E-state index is -0.469. The molecule has 2 unspecified atom stereocenters. The molecule has 0 bridgehead atoms. The van der Waals surface area contributed by atoms with Gasteiger partial charge in [-0.2, -0.15) is 0 Å². The van der Waals surface area contributed by atoms with Gasteiger partial charge in [-0.1, -0.05) is 38.1 Å². The molecular formula is C21H28O4. The Kier molecular flexibility index (Phi) is 6.45. The van der Waals surface area contributed by atoms with E-state index in [1.54, 1.807) is 19.1 Å². The van der Waals surface area contributed by atoms with Crippen LogP contribution in [-0.4, -0.2) is 35.6 Å². The van der Waals surface area contributed by atoms with E-state index in [1.165, 1.54) is 5.56 Å². The first-order valence-electron chi connectivity index (χ1n) is 8.61. The summed E-state index contributed by atoms with van der Waals surface area (Å²) in [5.41, 5.74) is 2.14. The molecule has 2 rings (SSSR count). The average Bonchev–Trinajstić information content (AvgIpc) is 2.59. The van der Waals surface area contributed by atoms with Crippen LogP contribution in [0.5, 0.6) is 11.5 Å². The predicted octanol–water partition coefficient (Wildman–Crippen LogP) is 3.88. The molecule has 0 heterocycles. The van der Waals surface area contributed by atoms with E-state index in [0.717, 1.165) is 11.3 Å². The lowest BCUT2D eigenvalue weighted by molar-refractivity contribution is -0.0132. The molecule has 0 fully saturated rings. The van der Waals surface area contributed by atoms with E-state index in [2.05, 4.69) is 26.0 Å². The van der Waals surface area contributed by atoms with Gasteiger partial charge in [0.15, 0.2) is 0 Å². The lowest BCUT2D eigenvalue weighted by atomic mass is 9.78. The molecular weight excluding hydrogens is 316 g/mol. The number of ether oxygens (including phenoxy) is 2. The Balaban J connectivity index is 1.98. The van der Waals surface area contributed by atoms with Gasteiger partial charge in [-0.15, -0.1) is 0 Å². The molecule has 0 aromatic heterocycles. The fraction of sp³-hybridized carbons (Fsp3) is 0.429. The predicted molar refractivity (Wildman–Crippen MR) is 99.3 cm³/mol. The second-order valence-corrected chi connectivity index (χ2v) is 7.00. The molecule has 0 aliphatic rings. The van der Waals surface area contributed by atoms with Crippen LogP contribution in [0.2, 0.25) is 0 Å². The maximum Gasteiger partial charge on any atom is 0.119 e. The summed E-state index contributed by atoms with van der Waals surface area (Å²) in [5.74, 6) is 1.06. The molecule has 0 amide bonds. The van der Waals surface area contributed by atoms with Gasteiger partial charge in [0.2, 0.25) is 0 Å². The van der Waals surface area contributed by atoms with Crippen molar-refractivity contribution in [2.24, 2.45) is 0 Å². The molecule has 2 aromatic rings. The Bertz CT molecular complexity index is 645. The van der Waals surface area contributed by atoms with Crippen LogP contribution in [0.3, 0.4) is 0 Å². The Morgan fingerprint density at radius 3 is 1.92 bits per heavy atom. The van der Waals surface area contributed by atoms with E-state index in [4.69, 9.17) is 9.47 Å². The average molecular weight is 344 g/mol. The number of aliphatic hydroxyl groups excluding tert-OH is 1. The molecule has 0 spiro atoms. The van der Waals surface area contributed by atoms with Gasteiger partial charge in [-0.25, -0.2) is 0 Å². The Hall–Kier alpha value is -2.04. The summed E-state index contributed by atoms with van der Waals surface area (Å²) in [6, 6.07) is 15.3. The minimum absolute atomic E-state index is 0.0808. The van der Waals surface area contributed by atoms with E-state index in [-0.39, 0.29) is 17.3 Å². The zero-order valence-corrected chi connectivity index (χ0v) is 15.4. The van der Waals surface area contributed by atoms with E-state index < -0.39 is 6.10 Å². The van der Waals surface area contributed by atoms with E-state index in [9.17, 15) is 10.2 Å². The molecule has 2 aromatic carbocycles. The summed E-state index contributed by atoms with van der Waals surface area (Å²) < 4.78 is 11.2. The van der Waals surface area contributed by atoms with Gasteiger partial charge in [-0.3, -0.25) is 0 Å². The van der Waals surface area contributed by atoms with Gasteiger partial charge in [0.05, 0.1) is 18.8 Å². The van der Waals surface area contributed by atoms with Crippen LogP contribution in [-0.2, 0) is 10.2 Å². The van der Waals surface area contributed by atoms with Crippen molar-refractivity contribution in [3.8, 4) is 11.5 Å². The van der Waals surface area contributed by atoms with Crippen molar-refractivity contribution in [3.05, 3.63) is 59.7 Å². The molecule has 0 saturated carbocycles. The number of aromatic hydroxyl groups is 1. The summed E-state index contributed by atoms with van der Waals surface area (Å²) in [5, 5.41) is 18.7. The highest BCUT2D eigenvalue weighted by Crippen LogP contribution is 2.33. The largest absolute Gasteiger partial charge is 0.508 e. The van der Waals surface area contributed by atoms with Crippen LogP contribution in [0, 0.1) is 0 Å². The van der Waals surface area contributed by atoms with Crippen LogP contribution in [0.1, 0.15) is 38.8 Å². The van der Waals surface area contributed by atoms with Crippen LogP contribution >= 0.6 is 0 Å². The highest BCUT2D eigenvalue weighted by atomic mass is 16.5. The lowest BCUT2D eigenvalue weighted by Crippen LogP contribution is -2.22. The highest BCUT2D eigenvalue weighted by Gasteiger charge is 2.23. The molecule has 2 N–H and O–H groups in total. The van der Waals surface area contributed by atoms with Crippen LogP contribution in [0.4, 0.5) is 0 Å². The molecule has 0 radical (unpaired) electrons. The topological polar surface area (TPSA) is 58.9 Å². The standard InChI is InChI=1S/C21H28O4/c1-15(22)13-24-16(2)14-25-20-11-7-18(8-12-20)21(3,4)17-5-9-19(23)10-6-17/h5-12,15-16,22-23H,13-14H2,1-4H3.